The molecule has 0 spiro atoms. The lowest BCUT2D eigenvalue weighted by Crippen LogP contribution is -2.53. The molecule has 1 aromatic rings. The Labute approximate surface area is 326 Å². The maximum atomic E-state index is 12.0. The topological polar surface area (TPSA) is 243 Å². The molecule has 0 saturated carbocycles. The Hall–Kier alpha value is -4.02. The highest BCUT2D eigenvalue weighted by atomic mass is 32.1. The molecule has 0 aliphatic carbocycles. The van der Waals surface area contributed by atoms with Crippen LogP contribution in [0.15, 0.2) is 24.3 Å². The molecule has 7 N–H and O–H groups in total. The molecule has 0 aromatic heterocycles. The summed E-state index contributed by atoms with van der Waals surface area (Å²) in [5.41, 5.74) is 1.56. The third kappa shape index (κ3) is 22.8. The summed E-state index contributed by atoms with van der Waals surface area (Å²) in [7, 11) is 0. The number of thiocarbonyl (C=S) groups is 1. The van der Waals surface area contributed by atoms with Gasteiger partial charge in [-0.2, -0.15) is 0 Å². The molecular formula is C35H57N7O12S. The second-order valence-electron chi connectivity index (χ2n) is 12.8. The molecule has 1 heterocycles. The number of hydrogen-bond acceptors (Lipinski definition) is 13. The third-order valence-corrected chi connectivity index (χ3v) is 8.62. The Kier molecular flexibility index (Phi) is 23.6. The summed E-state index contributed by atoms with van der Waals surface area (Å²) in [6, 6.07) is 6.91. The second-order valence-corrected chi connectivity index (χ2v) is 13.2. The van der Waals surface area contributed by atoms with Crippen molar-refractivity contribution >= 4 is 52.8 Å². The lowest BCUT2D eigenvalue weighted by molar-refractivity contribution is -0.142. The fourth-order valence-corrected chi connectivity index (χ4v) is 5.98. The van der Waals surface area contributed by atoms with E-state index in [-0.39, 0.29) is 77.9 Å². The maximum absolute atomic E-state index is 12.0. The molecule has 1 atom stereocenters. The Morgan fingerprint density at radius 1 is 0.673 bits per heavy atom. The van der Waals surface area contributed by atoms with E-state index in [1.807, 2.05) is 31.2 Å². The number of anilines is 1. The molecule has 0 radical (unpaired) electrons. The van der Waals surface area contributed by atoms with Gasteiger partial charge in [-0.15, -0.1) is 0 Å². The fourth-order valence-electron chi connectivity index (χ4n) is 5.76. The van der Waals surface area contributed by atoms with Gasteiger partial charge in [-0.3, -0.25) is 43.6 Å². The van der Waals surface area contributed by atoms with Gasteiger partial charge in [0, 0.05) is 77.1 Å². The van der Waals surface area contributed by atoms with Gasteiger partial charge in [0.25, 0.3) is 0 Å². The second kappa shape index (κ2) is 27.5. The van der Waals surface area contributed by atoms with Crippen molar-refractivity contribution in [3.63, 3.8) is 0 Å². The summed E-state index contributed by atoms with van der Waals surface area (Å²) >= 11 is 5.41. The van der Waals surface area contributed by atoms with Gasteiger partial charge in [0.05, 0.1) is 65.8 Å². The summed E-state index contributed by atoms with van der Waals surface area (Å²) in [6.07, 6.45) is 0.674. The largest absolute Gasteiger partial charge is 0.480 e. The molecule has 19 nitrogen and oxygen atoms in total. The summed E-state index contributed by atoms with van der Waals surface area (Å²) in [4.78, 5) is 65.1. The van der Waals surface area contributed by atoms with Gasteiger partial charge in [-0.1, -0.05) is 12.1 Å². The Morgan fingerprint density at radius 2 is 1.16 bits per heavy atom. The lowest BCUT2D eigenvalue weighted by Gasteiger charge is -2.37. The Balaban J connectivity index is 1.95. The van der Waals surface area contributed by atoms with Crippen LogP contribution in [0.1, 0.15) is 18.9 Å². The van der Waals surface area contributed by atoms with Gasteiger partial charge in [0.2, 0.25) is 5.91 Å². The Morgan fingerprint density at radius 3 is 1.71 bits per heavy atom. The van der Waals surface area contributed by atoms with Crippen LogP contribution in [-0.4, -0.2) is 206 Å². The highest BCUT2D eigenvalue weighted by Crippen LogP contribution is 2.16. The number of carbonyl (C=O) groups excluding carboxylic acids is 1. The number of amides is 1. The van der Waals surface area contributed by atoms with Crippen LogP contribution in [0.25, 0.3) is 0 Å². The molecule has 1 amide bonds. The van der Waals surface area contributed by atoms with Gasteiger partial charge in [0.1, 0.15) is 0 Å². The first-order valence-electron chi connectivity index (χ1n) is 18.3. The zero-order chi connectivity index (χ0) is 40.4. The van der Waals surface area contributed by atoms with E-state index in [0.717, 1.165) is 5.56 Å². The summed E-state index contributed by atoms with van der Waals surface area (Å²) in [6.45, 7) is 5.46. The van der Waals surface area contributed by atoms with Gasteiger partial charge in [0.15, 0.2) is 5.11 Å². The van der Waals surface area contributed by atoms with Crippen LogP contribution in [0.3, 0.4) is 0 Å². The first-order valence-corrected chi connectivity index (χ1v) is 18.7. The van der Waals surface area contributed by atoms with Crippen LogP contribution in [0.2, 0.25) is 0 Å². The summed E-state index contributed by atoms with van der Waals surface area (Å²) < 4.78 is 16.4. The SMILES string of the molecule is CCNC(=O)CCOCCOCCOCCNC(=S)Nc1ccc(CC2CN(CC(=O)O)CCN(CC(=O)O)CCN(CC(=O)O)CCN2CC(=O)O)cc1. The van der Waals surface area contributed by atoms with E-state index in [1.54, 1.807) is 19.6 Å². The Bertz CT molecular complexity index is 1340. The quantitative estimate of drug-likeness (QED) is 0.0491. The number of aliphatic carboxylic acids is 4. The molecule has 1 aliphatic heterocycles. The summed E-state index contributed by atoms with van der Waals surface area (Å²) in [5.74, 6) is -4.31. The number of hydrogen-bond donors (Lipinski definition) is 7. The molecule has 0 bridgehead atoms. The van der Waals surface area contributed by atoms with Crippen LogP contribution in [0, 0.1) is 0 Å². The molecule has 1 fully saturated rings. The van der Waals surface area contributed by atoms with E-state index >= 15 is 0 Å². The smallest absolute Gasteiger partial charge is 0.317 e. The van der Waals surface area contributed by atoms with Crippen LogP contribution in [-0.2, 0) is 44.6 Å². The van der Waals surface area contributed by atoms with Crippen molar-refractivity contribution in [2.24, 2.45) is 0 Å². The first-order chi connectivity index (χ1) is 26.3. The van der Waals surface area contributed by atoms with E-state index in [1.165, 1.54) is 0 Å². The molecule has 310 valence electrons. The number of nitrogens with one attached hydrogen (secondary N) is 3. The van der Waals surface area contributed by atoms with Crippen molar-refractivity contribution in [1.82, 2.24) is 30.2 Å². The predicted molar refractivity (Wildman–Crippen MR) is 205 cm³/mol. The van der Waals surface area contributed by atoms with Crippen LogP contribution < -0.4 is 16.0 Å². The first kappa shape index (κ1) is 47.1. The maximum Gasteiger partial charge on any atom is 0.317 e. The monoisotopic (exact) mass is 799 g/mol. The van der Waals surface area contributed by atoms with Crippen molar-refractivity contribution in [3.8, 4) is 0 Å². The molecule has 55 heavy (non-hydrogen) atoms. The van der Waals surface area contributed by atoms with Crippen molar-refractivity contribution in [2.45, 2.75) is 25.8 Å². The number of rotatable bonds is 24. The fraction of sp³-hybridized carbons (Fsp3) is 0.657. The van der Waals surface area contributed by atoms with E-state index in [0.29, 0.717) is 76.4 Å². The van der Waals surface area contributed by atoms with E-state index in [9.17, 15) is 44.4 Å². The third-order valence-electron chi connectivity index (χ3n) is 8.38. The van der Waals surface area contributed by atoms with Crippen molar-refractivity contribution < 1.29 is 58.6 Å². The van der Waals surface area contributed by atoms with Gasteiger partial charge >= 0.3 is 23.9 Å². The minimum Gasteiger partial charge on any atom is -0.480 e. The van der Waals surface area contributed by atoms with Crippen molar-refractivity contribution in [1.29, 1.82) is 0 Å². The van der Waals surface area contributed by atoms with Crippen LogP contribution in [0.5, 0.6) is 0 Å². The molecule has 2 rings (SSSR count). The zero-order valence-electron chi connectivity index (χ0n) is 31.5. The number of carboxylic acids is 4. The molecular weight excluding hydrogens is 742 g/mol. The van der Waals surface area contributed by atoms with E-state index in [4.69, 9.17) is 26.4 Å². The van der Waals surface area contributed by atoms with E-state index < -0.39 is 29.9 Å². The standard InChI is InChI=1S/C35H57N7O12S/c1-2-36-30(43)7-15-52-17-19-54-20-18-53-16-8-37-35(55)38-28-5-3-27(4-6-28)21-29-22-41(25-33(48)49)12-11-39(23-31(44)45)9-10-40(24-32(46)47)13-14-42(29)26-34(50)51/h3-6,29H,2,7-26H2,1H3,(H,36,43)(H,44,45)(H,46,47)(H,48,49)(H,50,51)(H2,37,38,55). The molecule has 20 heteroatoms. The van der Waals surface area contributed by atoms with Crippen molar-refractivity contribution in [3.05, 3.63) is 29.8 Å². The molecule has 1 aromatic carbocycles. The molecule has 1 unspecified atom stereocenters. The van der Waals surface area contributed by atoms with Crippen molar-refractivity contribution in [2.75, 3.05) is 130 Å². The number of benzene rings is 1. The predicted octanol–water partition coefficient (Wildman–Crippen LogP) is -0.980. The average Bonchev–Trinajstić information content (AvgIpc) is 3.10. The normalized spacial score (nSPS) is 16.7. The van der Waals surface area contributed by atoms with Gasteiger partial charge in [-0.25, -0.2) is 0 Å². The highest BCUT2D eigenvalue weighted by molar-refractivity contribution is 7.80. The van der Waals surface area contributed by atoms with Crippen LogP contribution in [0.4, 0.5) is 5.69 Å². The van der Waals surface area contributed by atoms with E-state index in [2.05, 4.69) is 16.0 Å². The number of carbonyl (C=O) groups is 5. The number of carboxylic acid groups (broad SMARTS) is 4. The molecule has 1 aliphatic rings. The number of nitrogens with zero attached hydrogens (tertiary/aromatic N) is 4. The molecule has 1 saturated heterocycles. The zero-order valence-corrected chi connectivity index (χ0v) is 32.3. The number of ether oxygens (including phenoxy) is 3. The minimum absolute atomic E-state index is 0.0426. The summed E-state index contributed by atoms with van der Waals surface area (Å²) in [5, 5.41) is 47.7. The lowest BCUT2D eigenvalue weighted by atomic mass is 10.0. The van der Waals surface area contributed by atoms with Gasteiger partial charge < -0.3 is 50.6 Å². The van der Waals surface area contributed by atoms with Crippen LogP contribution >= 0.6 is 12.2 Å². The average molecular weight is 800 g/mol. The minimum atomic E-state index is -1.08. The highest BCUT2D eigenvalue weighted by Gasteiger charge is 2.27. The van der Waals surface area contributed by atoms with Gasteiger partial charge in [-0.05, 0) is 43.3 Å².